The molecule has 1 aliphatic heterocycles. The first-order valence-corrected chi connectivity index (χ1v) is 5.30. The number of urea groups is 1. The Bertz CT molecular complexity index is 495. The van der Waals surface area contributed by atoms with Gasteiger partial charge in [0.25, 0.3) is 0 Å². The smallest absolute Gasteiger partial charge is 0.320 e. The van der Waals surface area contributed by atoms with Crippen molar-refractivity contribution in [2.45, 2.75) is 6.54 Å². The van der Waals surface area contributed by atoms with E-state index < -0.39 is 5.82 Å². The lowest BCUT2D eigenvalue weighted by Crippen LogP contribution is -2.28. The first-order valence-electron chi connectivity index (χ1n) is 5.30. The largest absolute Gasteiger partial charge is 0.326 e. The van der Waals surface area contributed by atoms with Crippen LogP contribution in [0.1, 0.15) is 11.1 Å². The van der Waals surface area contributed by atoms with Crippen molar-refractivity contribution >= 4 is 6.03 Å². The van der Waals surface area contributed by atoms with Crippen molar-refractivity contribution in [1.82, 2.24) is 9.80 Å². The summed E-state index contributed by atoms with van der Waals surface area (Å²) in [5.41, 5.74) is 0.921. The van der Waals surface area contributed by atoms with E-state index in [-0.39, 0.29) is 11.6 Å². The molecule has 0 unspecified atom stereocenters. The normalized spacial score (nSPS) is 15.2. The number of hydrogen-bond acceptors (Lipinski definition) is 2. The summed E-state index contributed by atoms with van der Waals surface area (Å²) in [7, 11) is 1.73. The van der Waals surface area contributed by atoms with Gasteiger partial charge in [-0.2, -0.15) is 5.26 Å². The summed E-state index contributed by atoms with van der Waals surface area (Å²) >= 11 is 0. The van der Waals surface area contributed by atoms with Crippen molar-refractivity contribution in [1.29, 1.82) is 5.26 Å². The minimum Gasteiger partial charge on any atom is -0.326 e. The number of hydrogen-bond donors (Lipinski definition) is 0. The number of halogens is 1. The molecule has 0 aromatic heterocycles. The molecule has 2 rings (SSSR count). The maximum absolute atomic E-state index is 13.2. The van der Waals surface area contributed by atoms with E-state index in [9.17, 15) is 9.18 Å². The molecular weight excluding hydrogens is 221 g/mol. The van der Waals surface area contributed by atoms with Gasteiger partial charge in [-0.25, -0.2) is 9.18 Å². The maximum Gasteiger partial charge on any atom is 0.320 e. The van der Waals surface area contributed by atoms with Gasteiger partial charge in [0.1, 0.15) is 5.82 Å². The Morgan fingerprint density at radius 1 is 1.41 bits per heavy atom. The molecule has 0 atom stereocenters. The predicted molar refractivity (Wildman–Crippen MR) is 59.6 cm³/mol. The van der Waals surface area contributed by atoms with Crippen LogP contribution in [-0.2, 0) is 6.54 Å². The molecule has 0 bridgehead atoms. The number of carbonyl (C=O) groups is 1. The topological polar surface area (TPSA) is 47.3 Å². The fourth-order valence-electron chi connectivity index (χ4n) is 1.88. The van der Waals surface area contributed by atoms with E-state index in [1.54, 1.807) is 22.9 Å². The van der Waals surface area contributed by atoms with E-state index in [2.05, 4.69) is 0 Å². The lowest BCUT2D eigenvalue weighted by atomic mass is 10.1. The van der Waals surface area contributed by atoms with Gasteiger partial charge in [0, 0.05) is 26.7 Å². The van der Waals surface area contributed by atoms with E-state index >= 15 is 0 Å². The summed E-state index contributed by atoms with van der Waals surface area (Å²) in [6.45, 7) is 1.66. The number of carbonyl (C=O) groups excluding carboxylic acids is 1. The third kappa shape index (κ3) is 2.36. The molecule has 0 radical (unpaired) electrons. The zero-order chi connectivity index (χ0) is 12.4. The Morgan fingerprint density at radius 2 is 2.18 bits per heavy atom. The Labute approximate surface area is 98.9 Å². The summed E-state index contributed by atoms with van der Waals surface area (Å²) in [6.07, 6.45) is 0. The molecule has 1 fully saturated rings. The number of likely N-dealkylation sites (N-methyl/N-ethyl adjacent to an activating group) is 1. The lowest BCUT2D eigenvalue weighted by molar-refractivity contribution is 0.197. The van der Waals surface area contributed by atoms with Crippen LogP contribution in [0.2, 0.25) is 0 Å². The van der Waals surface area contributed by atoms with Gasteiger partial charge in [0.05, 0.1) is 11.6 Å². The van der Waals surface area contributed by atoms with Gasteiger partial charge in [-0.15, -0.1) is 0 Å². The average molecular weight is 233 g/mol. The minimum atomic E-state index is -0.445. The van der Waals surface area contributed by atoms with Crippen LogP contribution in [-0.4, -0.2) is 36.0 Å². The van der Waals surface area contributed by atoms with Crippen molar-refractivity contribution in [3.8, 4) is 6.07 Å². The molecule has 0 spiro atoms. The third-order valence-corrected chi connectivity index (χ3v) is 2.76. The molecule has 2 amide bonds. The monoisotopic (exact) mass is 233 g/mol. The molecule has 0 aliphatic carbocycles. The highest BCUT2D eigenvalue weighted by molar-refractivity contribution is 5.76. The molecule has 88 valence electrons. The van der Waals surface area contributed by atoms with Crippen molar-refractivity contribution in [3.05, 3.63) is 35.1 Å². The Balaban J connectivity index is 2.17. The molecule has 1 aromatic carbocycles. The molecule has 1 saturated heterocycles. The predicted octanol–water partition coefficient (Wildman–Crippen LogP) is 1.56. The fourth-order valence-corrected chi connectivity index (χ4v) is 1.88. The van der Waals surface area contributed by atoms with Crippen molar-refractivity contribution < 1.29 is 9.18 Å². The Morgan fingerprint density at radius 3 is 2.76 bits per heavy atom. The Hall–Kier alpha value is -2.09. The lowest BCUT2D eigenvalue weighted by Gasteiger charge is -2.16. The standard InChI is InChI=1S/C12H12FN3O/c1-15-2-3-16(12(15)17)8-10-4-9(7-14)5-11(13)6-10/h4-6H,2-3,8H2,1H3. The number of rotatable bonds is 2. The molecule has 4 nitrogen and oxygen atoms in total. The third-order valence-electron chi connectivity index (χ3n) is 2.76. The van der Waals surface area contributed by atoms with Gasteiger partial charge in [-0.3, -0.25) is 0 Å². The maximum atomic E-state index is 13.2. The molecular formula is C12H12FN3O. The van der Waals surface area contributed by atoms with Gasteiger partial charge < -0.3 is 9.80 Å². The van der Waals surface area contributed by atoms with Crippen LogP contribution in [0.3, 0.4) is 0 Å². The molecule has 0 N–H and O–H groups in total. The number of nitriles is 1. The Kier molecular flexibility index (Phi) is 2.96. The van der Waals surface area contributed by atoms with Gasteiger partial charge in [0.2, 0.25) is 0 Å². The second-order valence-electron chi connectivity index (χ2n) is 4.09. The van der Waals surface area contributed by atoms with Crippen LogP contribution < -0.4 is 0 Å². The molecule has 1 aromatic rings. The molecule has 17 heavy (non-hydrogen) atoms. The van der Waals surface area contributed by atoms with Crippen molar-refractivity contribution in [3.63, 3.8) is 0 Å². The van der Waals surface area contributed by atoms with E-state index in [1.165, 1.54) is 12.1 Å². The highest BCUT2D eigenvalue weighted by atomic mass is 19.1. The van der Waals surface area contributed by atoms with Crippen molar-refractivity contribution in [2.24, 2.45) is 0 Å². The van der Waals surface area contributed by atoms with Crippen LogP contribution in [0.15, 0.2) is 18.2 Å². The zero-order valence-corrected chi connectivity index (χ0v) is 9.48. The van der Waals surface area contributed by atoms with Crippen LogP contribution >= 0.6 is 0 Å². The van der Waals surface area contributed by atoms with Crippen LogP contribution in [0.25, 0.3) is 0 Å². The fraction of sp³-hybridized carbons (Fsp3) is 0.333. The number of benzene rings is 1. The van der Waals surface area contributed by atoms with E-state index in [4.69, 9.17) is 5.26 Å². The number of amides is 2. The molecule has 0 saturated carbocycles. The second kappa shape index (κ2) is 4.42. The first-order chi connectivity index (χ1) is 8.10. The average Bonchev–Trinajstić information content (AvgIpc) is 2.60. The SMILES string of the molecule is CN1CCN(Cc2cc(F)cc(C#N)c2)C1=O. The molecule has 5 heteroatoms. The minimum absolute atomic E-state index is 0.0623. The summed E-state index contributed by atoms with van der Waals surface area (Å²) in [6, 6.07) is 5.98. The van der Waals surface area contributed by atoms with Gasteiger partial charge in [-0.05, 0) is 23.8 Å². The zero-order valence-electron chi connectivity index (χ0n) is 9.48. The van der Waals surface area contributed by atoms with E-state index in [0.717, 1.165) is 0 Å². The van der Waals surface area contributed by atoms with Crippen molar-refractivity contribution in [2.75, 3.05) is 20.1 Å². The van der Waals surface area contributed by atoms with Crippen LogP contribution in [0, 0.1) is 17.1 Å². The molecule has 1 aliphatic rings. The van der Waals surface area contributed by atoms with E-state index in [0.29, 0.717) is 25.2 Å². The quantitative estimate of drug-likeness (QED) is 0.778. The number of nitrogens with zero attached hydrogens (tertiary/aromatic N) is 3. The second-order valence-corrected chi connectivity index (χ2v) is 4.09. The van der Waals surface area contributed by atoms with Crippen LogP contribution in [0.4, 0.5) is 9.18 Å². The van der Waals surface area contributed by atoms with E-state index in [1.807, 2.05) is 6.07 Å². The van der Waals surface area contributed by atoms with Gasteiger partial charge >= 0.3 is 6.03 Å². The summed E-state index contributed by atoms with van der Waals surface area (Å²) in [5.74, 6) is -0.445. The molecule has 1 heterocycles. The van der Waals surface area contributed by atoms with Gasteiger partial charge in [-0.1, -0.05) is 0 Å². The first kappa shape index (κ1) is 11.4. The highest BCUT2D eigenvalue weighted by Crippen LogP contribution is 2.14. The van der Waals surface area contributed by atoms with Gasteiger partial charge in [0.15, 0.2) is 0 Å². The highest BCUT2D eigenvalue weighted by Gasteiger charge is 2.25. The summed E-state index contributed by atoms with van der Waals surface area (Å²) in [4.78, 5) is 14.9. The summed E-state index contributed by atoms with van der Waals surface area (Å²) in [5, 5.41) is 8.74. The van der Waals surface area contributed by atoms with Crippen LogP contribution in [0.5, 0.6) is 0 Å². The summed E-state index contributed by atoms with van der Waals surface area (Å²) < 4.78 is 13.2.